The molecule has 0 bridgehead atoms. The molecular formula is C3H4ClN3OS. The second-order valence-electron chi connectivity index (χ2n) is 1.11. The molecule has 0 aliphatic carbocycles. The summed E-state index contributed by atoms with van der Waals surface area (Å²) in [6.07, 6.45) is 0. The lowest BCUT2D eigenvalue weighted by molar-refractivity contribution is 0.0999. The van der Waals surface area contributed by atoms with Crippen molar-refractivity contribution in [3.8, 4) is 0 Å². The number of rotatable bonds is 1. The molecule has 0 unspecified atom stereocenters. The molecule has 1 amide bonds. The van der Waals surface area contributed by atoms with Crippen LogP contribution in [0.2, 0.25) is 0 Å². The Morgan fingerprint density at radius 3 is 2.67 bits per heavy atom. The van der Waals surface area contributed by atoms with Crippen LogP contribution in [0, 0.1) is 0 Å². The van der Waals surface area contributed by atoms with Crippen LogP contribution in [0.5, 0.6) is 0 Å². The predicted molar refractivity (Wildman–Crippen MR) is 35.7 cm³/mol. The molecule has 1 aromatic rings. The molecule has 0 spiro atoms. The highest BCUT2D eigenvalue weighted by Crippen LogP contribution is 1.97. The maximum atomic E-state index is 10.2. The highest BCUT2D eigenvalue weighted by atomic mass is 35.5. The summed E-state index contributed by atoms with van der Waals surface area (Å²) in [6.45, 7) is 0. The number of primary amides is 1. The van der Waals surface area contributed by atoms with Crippen LogP contribution in [-0.4, -0.2) is 16.1 Å². The van der Waals surface area contributed by atoms with Crippen molar-refractivity contribution in [3.63, 3.8) is 0 Å². The molecule has 0 saturated heterocycles. The Morgan fingerprint density at radius 2 is 2.44 bits per heavy atom. The van der Waals surface area contributed by atoms with Crippen LogP contribution in [0.1, 0.15) is 9.80 Å². The summed E-state index contributed by atoms with van der Waals surface area (Å²) >= 11 is 1.13. The van der Waals surface area contributed by atoms with E-state index < -0.39 is 5.91 Å². The summed E-state index contributed by atoms with van der Waals surface area (Å²) in [5.41, 5.74) is 6.29. The van der Waals surface area contributed by atoms with E-state index in [0.29, 0.717) is 0 Å². The topological polar surface area (TPSA) is 68.9 Å². The van der Waals surface area contributed by atoms with Gasteiger partial charge in [0, 0.05) is 0 Å². The summed E-state index contributed by atoms with van der Waals surface area (Å²) in [4.78, 5) is 10.2. The van der Waals surface area contributed by atoms with E-state index >= 15 is 0 Å². The Kier molecular flexibility index (Phi) is 3.11. The first-order valence-electron chi connectivity index (χ1n) is 1.86. The minimum absolute atomic E-state index is 0. The third kappa shape index (κ3) is 1.95. The summed E-state index contributed by atoms with van der Waals surface area (Å²) in [7, 11) is 0. The summed E-state index contributed by atoms with van der Waals surface area (Å²) < 4.78 is 0. The maximum Gasteiger partial charge on any atom is 0.279 e. The van der Waals surface area contributed by atoms with Crippen LogP contribution in [-0.2, 0) is 0 Å². The molecule has 50 valence electrons. The Labute approximate surface area is 61.5 Å². The molecule has 1 heterocycles. The number of nitrogens with zero attached hydrogens (tertiary/aromatic N) is 2. The predicted octanol–water partition coefficient (Wildman–Crippen LogP) is 0.0588. The molecule has 2 N–H and O–H groups in total. The average Bonchev–Trinajstić information content (AvgIpc) is 2.12. The van der Waals surface area contributed by atoms with Crippen LogP contribution in [0.15, 0.2) is 5.51 Å². The lowest BCUT2D eigenvalue weighted by Crippen LogP contribution is -2.10. The molecule has 0 fully saturated rings. The molecule has 0 aliphatic heterocycles. The van der Waals surface area contributed by atoms with Crippen LogP contribution in [0.25, 0.3) is 0 Å². The van der Waals surface area contributed by atoms with Crippen LogP contribution in [0.3, 0.4) is 0 Å². The standard InChI is InChI=1S/C3H3N3OS.ClH/c4-2(7)3-6-5-1-8-3;/h1H,(H2,4,7);1H. The van der Waals surface area contributed by atoms with Gasteiger partial charge >= 0.3 is 0 Å². The molecule has 0 aliphatic rings. The van der Waals surface area contributed by atoms with E-state index in [2.05, 4.69) is 10.2 Å². The summed E-state index contributed by atoms with van der Waals surface area (Å²) in [5, 5.41) is 7.08. The molecule has 1 rings (SSSR count). The zero-order chi connectivity index (χ0) is 5.98. The van der Waals surface area contributed by atoms with Crippen molar-refractivity contribution in [2.45, 2.75) is 0 Å². The lowest BCUT2D eigenvalue weighted by Gasteiger charge is -1.76. The van der Waals surface area contributed by atoms with Crippen LogP contribution >= 0.6 is 23.7 Å². The average molecular weight is 166 g/mol. The Balaban J connectivity index is 0.000000640. The van der Waals surface area contributed by atoms with Gasteiger partial charge in [-0.2, -0.15) is 0 Å². The first-order chi connectivity index (χ1) is 3.80. The van der Waals surface area contributed by atoms with Gasteiger partial charge in [0.05, 0.1) is 0 Å². The van der Waals surface area contributed by atoms with Gasteiger partial charge in [-0.3, -0.25) is 4.79 Å². The second-order valence-corrected chi connectivity index (χ2v) is 1.94. The van der Waals surface area contributed by atoms with Crippen LogP contribution < -0.4 is 5.73 Å². The zero-order valence-corrected chi connectivity index (χ0v) is 5.91. The van der Waals surface area contributed by atoms with E-state index in [1.165, 1.54) is 5.51 Å². The smallest absolute Gasteiger partial charge is 0.279 e. The summed E-state index contributed by atoms with van der Waals surface area (Å²) in [6, 6.07) is 0. The number of carbonyl (C=O) groups is 1. The van der Waals surface area contributed by atoms with Crippen molar-refractivity contribution in [2.75, 3.05) is 0 Å². The minimum Gasteiger partial charge on any atom is -0.363 e. The van der Waals surface area contributed by atoms with Crippen molar-refractivity contribution < 1.29 is 4.79 Å². The number of hydrogen-bond donors (Lipinski definition) is 1. The van der Waals surface area contributed by atoms with Gasteiger partial charge in [0.25, 0.3) is 5.91 Å². The van der Waals surface area contributed by atoms with Crippen molar-refractivity contribution in [2.24, 2.45) is 5.73 Å². The van der Waals surface area contributed by atoms with Gasteiger partial charge in [-0.1, -0.05) is 11.3 Å². The van der Waals surface area contributed by atoms with Crippen LogP contribution in [0.4, 0.5) is 0 Å². The van der Waals surface area contributed by atoms with Gasteiger partial charge in [0.15, 0.2) is 0 Å². The number of nitrogens with two attached hydrogens (primary N) is 1. The monoisotopic (exact) mass is 165 g/mol. The molecule has 0 atom stereocenters. The number of halogens is 1. The Bertz CT molecular complexity index is 187. The Hall–Kier alpha value is -0.680. The number of aromatic nitrogens is 2. The van der Waals surface area contributed by atoms with Gasteiger partial charge in [0.1, 0.15) is 5.51 Å². The van der Waals surface area contributed by atoms with Gasteiger partial charge in [-0.05, 0) is 0 Å². The number of carbonyl (C=O) groups excluding carboxylic acids is 1. The van der Waals surface area contributed by atoms with Gasteiger partial charge in [-0.15, -0.1) is 22.6 Å². The van der Waals surface area contributed by atoms with Crippen molar-refractivity contribution in [1.29, 1.82) is 0 Å². The fraction of sp³-hybridized carbons (Fsp3) is 0. The molecule has 0 radical (unpaired) electrons. The zero-order valence-electron chi connectivity index (χ0n) is 4.27. The maximum absolute atomic E-state index is 10.2. The first-order valence-corrected chi connectivity index (χ1v) is 2.74. The highest BCUT2D eigenvalue weighted by molar-refractivity contribution is 7.11. The quantitative estimate of drug-likeness (QED) is 0.640. The fourth-order valence-corrected chi connectivity index (χ4v) is 0.685. The van der Waals surface area contributed by atoms with E-state index in [-0.39, 0.29) is 17.4 Å². The third-order valence-corrected chi connectivity index (χ3v) is 1.28. The van der Waals surface area contributed by atoms with Gasteiger partial charge < -0.3 is 5.73 Å². The van der Waals surface area contributed by atoms with Crippen molar-refractivity contribution in [1.82, 2.24) is 10.2 Å². The molecule has 4 nitrogen and oxygen atoms in total. The third-order valence-electron chi connectivity index (χ3n) is 0.571. The second kappa shape index (κ2) is 3.37. The summed E-state index contributed by atoms with van der Waals surface area (Å²) in [5.74, 6) is -0.521. The largest absolute Gasteiger partial charge is 0.363 e. The van der Waals surface area contributed by atoms with E-state index in [1.54, 1.807) is 0 Å². The molecular weight excluding hydrogens is 162 g/mol. The fourth-order valence-electron chi connectivity index (χ4n) is 0.280. The molecule has 0 aromatic carbocycles. The van der Waals surface area contributed by atoms with E-state index in [9.17, 15) is 4.79 Å². The minimum atomic E-state index is -0.521. The lowest BCUT2D eigenvalue weighted by atomic mass is 10.7. The van der Waals surface area contributed by atoms with E-state index in [4.69, 9.17) is 5.73 Å². The number of hydrogen-bond acceptors (Lipinski definition) is 4. The molecule has 1 aromatic heterocycles. The molecule has 9 heavy (non-hydrogen) atoms. The number of amides is 1. The highest BCUT2D eigenvalue weighted by Gasteiger charge is 2.00. The van der Waals surface area contributed by atoms with E-state index in [1.807, 2.05) is 0 Å². The first kappa shape index (κ1) is 8.32. The van der Waals surface area contributed by atoms with Crippen molar-refractivity contribution >= 4 is 29.7 Å². The Morgan fingerprint density at radius 1 is 1.78 bits per heavy atom. The van der Waals surface area contributed by atoms with Crippen molar-refractivity contribution in [3.05, 3.63) is 10.5 Å². The normalized spacial score (nSPS) is 8.00. The molecule has 6 heteroatoms. The van der Waals surface area contributed by atoms with E-state index in [0.717, 1.165) is 11.3 Å². The molecule has 0 saturated carbocycles. The SMILES string of the molecule is Cl.NC(=O)c1nncs1. The van der Waals surface area contributed by atoms with Gasteiger partial charge in [0.2, 0.25) is 5.01 Å². The van der Waals surface area contributed by atoms with Gasteiger partial charge in [-0.25, -0.2) is 0 Å².